The lowest BCUT2D eigenvalue weighted by molar-refractivity contribution is -0.256. The first kappa shape index (κ1) is 10.9. The van der Waals surface area contributed by atoms with Crippen LogP contribution in [-0.2, 0) is 0 Å². The molecule has 0 aliphatic carbocycles. The first-order valence-corrected chi connectivity index (χ1v) is 3.00. The summed E-state index contributed by atoms with van der Waals surface area (Å²) in [5.74, 6) is -3.79. The van der Waals surface area contributed by atoms with Gasteiger partial charge in [0, 0.05) is 11.6 Å². The van der Waals surface area contributed by atoms with Crippen molar-refractivity contribution in [2.45, 2.75) is 6.92 Å². The molecule has 12 heavy (non-hydrogen) atoms. The molecule has 0 saturated carbocycles. The molecule has 68 valence electrons. The van der Waals surface area contributed by atoms with Gasteiger partial charge in [0.05, 0.1) is 0 Å². The standard InChI is InChI=1S/C7H6F3N.H2O/c1-3-5(11)2-4(8)7(10)6(3)9;/h2H,11H2,1H3;1H2. The summed E-state index contributed by atoms with van der Waals surface area (Å²) in [5.41, 5.74) is 3.55. The van der Waals surface area contributed by atoms with Crippen LogP contribution in [-0.4, -0.2) is 5.48 Å². The second-order valence-corrected chi connectivity index (χ2v) is 2.27. The Bertz CT molecular complexity index is 275. The molecule has 2 nitrogen and oxygen atoms in total. The van der Waals surface area contributed by atoms with Crippen molar-refractivity contribution < 1.29 is 24.4 Å². The molecule has 0 bridgehead atoms. The van der Waals surface area contributed by atoms with Crippen LogP contribution >= 0.6 is 0 Å². The third kappa shape index (κ3) is 1.57. The lowest BCUT2D eigenvalue weighted by atomic mass is 10.2. The fourth-order valence-corrected chi connectivity index (χ4v) is 0.735. The van der Waals surface area contributed by atoms with E-state index in [2.05, 4.69) is 5.73 Å². The Labute approximate surface area is 67.1 Å². The van der Waals surface area contributed by atoms with E-state index < -0.39 is 17.5 Å². The van der Waals surface area contributed by atoms with Crippen LogP contribution in [0.15, 0.2) is 6.07 Å². The fourth-order valence-electron chi connectivity index (χ4n) is 0.735. The molecule has 0 fully saturated rings. The van der Waals surface area contributed by atoms with Gasteiger partial charge in [-0.05, 0) is 6.92 Å². The maximum Gasteiger partial charge on any atom is 0.195 e. The summed E-state index contributed by atoms with van der Waals surface area (Å²) in [7, 11) is 0. The molecule has 1 aromatic rings. The van der Waals surface area contributed by atoms with Gasteiger partial charge in [-0.1, -0.05) is 0 Å². The summed E-state index contributed by atoms with van der Waals surface area (Å²) in [5, 5.41) is 0. The van der Waals surface area contributed by atoms with Crippen LogP contribution in [0.1, 0.15) is 5.56 Å². The molecule has 0 amide bonds. The molecule has 0 unspecified atom stereocenters. The van der Waals surface area contributed by atoms with Crippen LogP contribution in [0.4, 0.5) is 18.9 Å². The first-order chi connectivity index (χ1) is 5.04. The van der Waals surface area contributed by atoms with Crippen molar-refractivity contribution in [2.24, 2.45) is 0 Å². The van der Waals surface area contributed by atoms with E-state index in [0.717, 1.165) is 6.07 Å². The van der Waals surface area contributed by atoms with E-state index in [1.54, 1.807) is 0 Å². The molecule has 0 atom stereocenters. The van der Waals surface area contributed by atoms with Gasteiger partial charge in [0.2, 0.25) is 0 Å². The zero-order valence-corrected chi connectivity index (χ0v) is 6.37. The Balaban J connectivity index is 0.00000121. The minimum absolute atomic E-state index is 0. The third-order valence-electron chi connectivity index (χ3n) is 1.51. The lowest BCUT2D eigenvalue weighted by Crippen LogP contribution is -2.41. The number of hydrogen-bond donors (Lipinski definition) is 1. The predicted octanol–water partition coefficient (Wildman–Crippen LogP) is 1.11. The zero-order valence-electron chi connectivity index (χ0n) is 6.37. The number of rotatable bonds is 0. The number of halogens is 3. The van der Waals surface area contributed by atoms with Gasteiger partial charge < -0.3 is 11.2 Å². The Morgan fingerprint density at radius 2 is 1.67 bits per heavy atom. The minimum Gasteiger partial charge on any atom is -0.870 e. The van der Waals surface area contributed by atoms with Crippen molar-refractivity contribution >= 4 is 5.69 Å². The topological polar surface area (TPSA) is 57.6 Å². The van der Waals surface area contributed by atoms with Gasteiger partial charge in [-0.25, -0.2) is 13.2 Å². The highest BCUT2D eigenvalue weighted by Crippen LogP contribution is 2.19. The summed E-state index contributed by atoms with van der Waals surface area (Å²) in [6.07, 6.45) is 0. The predicted molar refractivity (Wildman–Crippen MR) is 35.5 cm³/mol. The van der Waals surface area contributed by atoms with Gasteiger partial charge in [-0.3, -0.25) is 0 Å². The Morgan fingerprint density at radius 1 is 1.17 bits per heavy atom. The number of benzene rings is 1. The molecule has 0 saturated heterocycles. The van der Waals surface area contributed by atoms with Crippen molar-refractivity contribution in [3.63, 3.8) is 0 Å². The summed E-state index contributed by atoms with van der Waals surface area (Å²) in [4.78, 5) is 0. The third-order valence-corrected chi connectivity index (χ3v) is 1.51. The first-order valence-electron chi connectivity index (χ1n) is 3.00. The molecule has 1 rings (SSSR count). The molecule has 4 N–H and O–H groups in total. The largest absolute Gasteiger partial charge is 0.870 e. The lowest BCUT2D eigenvalue weighted by Gasteiger charge is -1.99. The monoisotopic (exact) mass is 179 g/mol. The van der Waals surface area contributed by atoms with E-state index in [1.165, 1.54) is 6.92 Å². The quantitative estimate of drug-likeness (QED) is 0.596. The molecule has 0 heterocycles. The highest BCUT2D eigenvalue weighted by atomic mass is 19.2. The van der Waals surface area contributed by atoms with Gasteiger partial charge >= 0.3 is 0 Å². The van der Waals surface area contributed by atoms with Crippen LogP contribution in [0.25, 0.3) is 0 Å². The van der Waals surface area contributed by atoms with Crippen LogP contribution in [0.5, 0.6) is 0 Å². The van der Waals surface area contributed by atoms with E-state index >= 15 is 0 Å². The Kier molecular flexibility index (Phi) is 3.24. The maximum atomic E-state index is 12.6. The van der Waals surface area contributed by atoms with Gasteiger partial charge in [0.15, 0.2) is 17.5 Å². The van der Waals surface area contributed by atoms with E-state index in [1.807, 2.05) is 0 Å². The maximum absolute atomic E-state index is 12.6. The molecule has 5 heteroatoms. The summed E-state index contributed by atoms with van der Waals surface area (Å²) in [6, 6.07) is 0.869. The normalized spacial score (nSPS) is 9.42. The molecule has 0 aromatic heterocycles. The average molecular weight is 179 g/mol. The second-order valence-electron chi connectivity index (χ2n) is 2.27. The van der Waals surface area contributed by atoms with E-state index in [-0.39, 0.29) is 16.7 Å². The van der Waals surface area contributed by atoms with Crippen molar-refractivity contribution in [3.8, 4) is 0 Å². The second kappa shape index (κ2) is 3.55. The van der Waals surface area contributed by atoms with Crippen molar-refractivity contribution in [1.29, 1.82) is 0 Å². The molecule has 0 aliphatic rings. The SMILES string of the molecule is Cc1c([NH3+])cc(F)c(F)c1F.[OH-]. The van der Waals surface area contributed by atoms with Crippen LogP contribution in [0.2, 0.25) is 0 Å². The van der Waals surface area contributed by atoms with Crippen molar-refractivity contribution in [1.82, 2.24) is 0 Å². The van der Waals surface area contributed by atoms with Gasteiger partial charge in [-0.15, -0.1) is 0 Å². The highest BCUT2D eigenvalue weighted by Gasteiger charge is 2.15. The zero-order chi connectivity index (χ0) is 8.59. The van der Waals surface area contributed by atoms with Crippen LogP contribution in [0.3, 0.4) is 0 Å². The van der Waals surface area contributed by atoms with E-state index in [9.17, 15) is 13.2 Å². The van der Waals surface area contributed by atoms with Gasteiger partial charge in [-0.2, -0.15) is 0 Å². The Morgan fingerprint density at radius 3 is 2.17 bits per heavy atom. The molecular weight excluding hydrogens is 171 g/mol. The van der Waals surface area contributed by atoms with Crippen molar-refractivity contribution in [3.05, 3.63) is 29.1 Å². The molecule has 0 radical (unpaired) electrons. The number of hydrogen-bond acceptors (Lipinski definition) is 1. The summed E-state index contributed by atoms with van der Waals surface area (Å²) >= 11 is 0. The van der Waals surface area contributed by atoms with Crippen LogP contribution < -0.4 is 5.73 Å². The van der Waals surface area contributed by atoms with Crippen molar-refractivity contribution in [2.75, 3.05) is 0 Å². The summed E-state index contributed by atoms with van der Waals surface area (Å²) < 4.78 is 37.4. The minimum atomic E-state index is -1.44. The molecular formula is C7H8F3NO. The average Bonchev–Trinajstić information content (AvgIpc) is 1.97. The smallest absolute Gasteiger partial charge is 0.195 e. The molecule has 0 aliphatic heterocycles. The van der Waals surface area contributed by atoms with E-state index in [0.29, 0.717) is 0 Å². The number of quaternary nitrogens is 1. The van der Waals surface area contributed by atoms with Gasteiger partial charge in [0.25, 0.3) is 0 Å². The fraction of sp³-hybridized carbons (Fsp3) is 0.143. The van der Waals surface area contributed by atoms with Gasteiger partial charge in [0.1, 0.15) is 5.69 Å². The summed E-state index contributed by atoms with van der Waals surface area (Å²) in [6.45, 7) is 1.35. The molecule has 1 aromatic carbocycles. The Hall–Kier alpha value is -1.07. The highest BCUT2D eigenvalue weighted by molar-refractivity contribution is 5.39. The molecule has 0 spiro atoms. The van der Waals surface area contributed by atoms with E-state index in [4.69, 9.17) is 0 Å². The van der Waals surface area contributed by atoms with Crippen LogP contribution in [0, 0.1) is 24.4 Å².